The van der Waals surface area contributed by atoms with Crippen LogP contribution in [0.1, 0.15) is 32.6 Å². The smallest absolute Gasteiger partial charge is 0.00383 e. The molecule has 2 rings (SSSR count). The van der Waals surface area contributed by atoms with Gasteiger partial charge in [-0.25, -0.2) is 0 Å². The summed E-state index contributed by atoms with van der Waals surface area (Å²) in [6, 6.07) is 0.734. The fourth-order valence-corrected chi connectivity index (χ4v) is 2.65. The van der Waals surface area contributed by atoms with Gasteiger partial charge in [0.05, 0.1) is 0 Å². The summed E-state index contributed by atoms with van der Waals surface area (Å²) in [5, 5.41) is 3.32. The molecule has 64 valence electrons. The Hall–Kier alpha value is -0.0400. The Morgan fingerprint density at radius 1 is 1.27 bits per heavy atom. The summed E-state index contributed by atoms with van der Waals surface area (Å²) in [6.07, 6.45) is 6.04. The molecule has 0 saturated heterocycles. The lowest BCUT2D eigenvalue weighted by Gasteiger charge is -2.16. The van der Waals surface area contributed by atoms with Crippen molar-refractivity contribution in [2.24, 2.45) is 17.8 Å². The first-order valence-corrected chi connectivity index (χ1v) is 4.97. The van der Waals surface area contributed by atoms with Gasteiger partial charge in [0.1, 0.15) is 0 Å². The summed E-state index contributed by atoms with van der Waals surface area (Å²) in [7, 11) is 2.07. The molecule has 0 aromatic rings. The largest absolute Gasteiger partial charge is 0.317 e. The van der Waals surface area contributed by atoms with E-state index in [2.05, 4.69) is 19.3 Å². The van der Waals surface area contributed by atoms with Crippen molar-refractivity contribution in [2.45, 2.75) is 38.6 Å². The summed E-state index contributed by atoms with van der Waals surface area (Å²) >= 11 is 0. The highest BCUT2D eigenvalue weighted by molar-refractivity contribution is 4.96. The van der Waals surface area contributed by atoms with Crippen LogP contribution in [0.5, 0.6) is 0 Å². The van der Waals surface area contributed by atoms with Crippen molar-refractivity contribution in [2.75, 3.05) is 7.05 Å². The Morgan fingerprint density at radius 2 is 1.91 bits per heavy atom. The molecule has 2 aliphatic rings. The second kappa shape index (κ2) is 2.78. The Balaban J connectivity index is 1.71. The van der Waals surface area contributed by atoms with Gasteiger partial charge in [-0.2, -0.15) is 0 Å². The van der Waals surface area contributed by atoms with Crippen LogP contribution >= 0.6 is 0 Å². The molecule has 1 heteroatoms. The van der Waals surface area contributed by atoms with Gasteiger partial charge in [0.2, 0.25) is 0 Å². The molecular weight excluding hydrogens is 134 g/mol. The Bertz CT molecular complexity index is 134. The first-order valence-electron chi connectivity index (χ1n) is 4.97. The average Bonchev–Trinajstić information content (AvgIpc) is 2.60. The van der Waals surface area contributed by atoms with Gasteiger partial charge in [0, 0.05) is 6.04 Å². The van der Waals surface area contributed by atoms with Crippen molar-refractivity contribution >= 4 is 0 Å². The Morgan fingerprint density at radius 3 is 2.45 bits per heavy atom. The number of rotatable bonds is 3. The van der Waals surface area contributed by atoms with Gasteiger partial charge in [-0.15, -0.1) is 0 Å². The van der Waals surface area contributed by atoms with Crippen molar-refractivity contribution < 1.29 is 0 Å². The third-order valence-electron chi connectivity index (χ3n) is 3.52. The monoisotopic (exact) mass is 153 g/mol. The Labute approximate surface area is 69.6 Å². The maximum absolute atomic E-state index is 3.32. The van der Waals surface area contributed by atoms with E-state index in [0.717, 1.165) is 23.8 Å². The summed E-state index contributed by atoms with van der Waals surface area (Å²) in [5.41, 5.74) is 0. The third-order valence-corrected chi connectivity index (χ3v) is 3.52. The molecule has 2 saturated carbocycles. The molecule has 0 aromatic heterocycles. The topological polar surface area (TPSA) is 12.0 Å². The highest BCUT2D eigenvalue weighted by atomic mass is 14.9. The predicted octanol–water partition coefficient (Wildman–Crippen LogP) is 2.03. The molecule has 0 amide bonds. The number of nitrogens with one attached hydrogen (secondary N) is 1. The molecule has 0 radical (unpaired) electrons. The van der Waals surface area contributed by atoms with Gasteiger partial charge in [-0.05, 0) is 57.4 Å². The average molecular weight is 153 g/mol. The molecule has 1 nitrogen and oxygen atoms in total. The van der Waals surface area contributed by atoms with Crippen LogP contribution in [0.15, 0.2) is 0 Å². The lowest BCUT2D eigenvalue weighted by Crippen LogP contribution is -2.23. The fourth-order valence-electron chi connectivity index (χ4n) is 2.65. The van der Waals surface area contributed by atoms with Crippen LogP contribution < -0.4 is 5.32 Å². The molecule has 3 atom stereocenters. The van der Waals surface area contributed by atoms with Gasteiger partial charge < -0.3 is 5.32 Å². The zero-order valence-corrected chi connectivity index (χ0v) is 7.64. The first kappa shape index (κ1) is 7.60. The highest BCUT2D eigenvalue weighted by Gasteiger charge is 2.45. The maximum Gasteiger partial charge on any atom is 0.00383 e. The van der Waals surface area contributed by atoms with E-state index in [9.17, 15) is 0 Å². The number of fused-ring (bicyclic) bond motifs is 1. The lowest BCUT2D eigenvalue weighted by atomic mass is 9.96. The summed E-state index contributed by atoms with van der Waals surface area (Å²) in [6.45, 7) is 2.30. The van der Waals surface area contributed by atoms with Crippen molar-refractivity contribution in [3.63, 3.8) is 0 Å². The van der Waals surface area contributed by atoms with E-state index >= 15 is 0 Å². The van der Waals surface area contributed by atoms with Gasteiger partial charge in [0.15, 0.2) is 0 Å². The van der Waals surface area contributed by atoms with E-state index in [1.807, 2.05) is 0 Å². The number of hydrogen-bond donors (Lipinski definition) is 1. The standard InChI is InChI=1S/C10H19N/c1-7(11-2)3-8-4-9-6-10(9)5-8/h7-11H,3-6H2,1-2H3/t7-,8?,9?,10?/m0/s1. The van der Waals surface area contributed by atoms with Crippen molar-refractivity contribution in [3.05, 3.63) is 0 Å². The predicted molar refractivity (Wildman–Crippen MR) is 47.5 cm³/mol. The first-order chi connectivity index (χ1) is 5.29. The van der Waals surface area contributed by atoms with Gasteiger partial charge in [-0.3, -0.25) is 0 Å². The van der Waals surface area contributed by atoms with Crippen LogP contribution in [0.3, 0.4) is 0 Å². The van der Waals surface area contributed by atoms with Crippen molar-refractivity contribution in [1.29, 1.82) is 0 Å². The molecule has 2 unspecified atom stereocenters. The van der Waals surface area contributed by atoms with E-state index in [1.54, 1.807) is 6.42 Å². The van der Waals surface area contributed by atoms with Crippen LogP contribution in [0.4, 0.5) is 0 Å². The molecule has 0 aromatic carbocycles. The second-order valence-electron chi connectivity index (χ2n) is 4.52. The third kappa shape index (κ3) is 1.58. The summed E-state index contributed by atoms with van der Waals surface area (Å²) < 4.78 is 0. The van der Waals surface area contributed by atoms with E-state index in [1.165, 1.54) is 19.3 Å². The normalized spacial score (nSPS) is 43.6. The van der Waals surface area contributed by atoms with Crippen LogP contribution in [0.25, 0.3) is 0 Å². The molecule has 2 aliphatic carbocycles. The molecule has 2 fully saturated rings. The maximum atomic E-state index is 3.32. The molecule has 0 spiro atoms. The minimum absolute atomic E-state index is 0.734. The molecule has 11 heavy (non-hydrogen) atoms. The zero-order valence-electron chi connectivity index (χ0n) is 7.64. The van der Waals surface area contributed by atoms with E-state index in [-0.39, 0.29) is 0 Å². The van der Waals surface area contributed by atoms with Crippen LogP contribution in [-0.2, 0) is 0 Å². The minimum atomic E-state index is 0.734. The molecule has 1 N–H and O–H groups in total. The Kier molecular flexibility index (Phi) is 1.92. The zero-order chi connectivity index (χ0) is 7.84. The van der Waals surface area contributed by atoms with Gasteiger partial charge in [-0.1, -0.05) is 0 Å². The number of hydrogen-bond acceptors (Lipinski definition) is 1. The second-order valence-corrected chi connectivity index (χ2v) is 4.52. The van der Waals surface area contributed by atoms with Crippen molar-refractivity contribution in [1.82, 2.24) is 5.32 Å². The fraction of sp³-hybridized carbons (Fsp3) is 1.00. The van der Waals surface area contributed by atoms with E-state index in [0.29, 0.717) is 0 Å². The van der Waals surface area contributed by atoms with Crippen molar-refractivity contribution in [3.8, 4) is 0 Å². The molecular formula is C10H19N. The quantitative estimate of drug-likeness (QED) is 0.654. The molecule has 0 bridgehead atoms. The van der Waals surface area contributed by atoms with Crippen LogP contribution in [-0.4, -0.2) is 13.1 Å². The lowest BCUT2D eigenvalue weighted by molar-refractivity contribution is 0.393. The van der Waals surface area contributed by atoms with Crippen LogP contribution in [0, 0.1) is 17.8 Å². The van der Waals surface area contributed by atoms with E-state index in [4.69, 9.17) is 0 Å². The SMILES string of the molecule is CN[C@@H](C)CC1CC2CC2C1. The highest BCUT2D eigenvalue weighted by Crippen LogP contribution is 2.55. The molecule has 0 aliphatic heterocycles. The van der Waals surface area contributed by atoms with Crippen LogP contribution in [0.2, 0.25) is 0 Å². The van der Waals surface area contributed by atoms with Gasteiger partial charge >= 0.3 is 0 Å². The minimum Gasteiger partial charge on any atom is -0.317 e. The summed E-state index contributed by atoms with van der Waals surface area (Å²) in [5.74, 6) is 3.37. The summed E-state index contributed by atoms with van der Waals surface area (Å²) in [4.78, 5) is 0. The van der Waals surface area contributed by atoms with Gasteiger partial charge in [0.25, 0.3) is 0 Å². The molecule has 0 heterocycles. The van der Waals surface area contributed by atoms with E-state index < -0.39 is 0 Å².